The monoisotopic (exact) mass is 290 g/mol. The minimum Gasteiger partial charge on any atom is -0.472 e. The molecule has 0 saturated heterocycles. The highest BCUT2D eigenvalue weighted by molar-refractivity contribution is 7.11. The first-order chi connectivity index (χ1) is 9.02. The Bertz CT molecular complexity index is 507. The van der Waals surface area contributed by atoms with Crippen molar-refractivity contribution >= 4 is 11.3 Å². The van der Waals surface area contributed by atoms with Crippen LogP contribution in [0.2, 0.25) is 0 Å². The molecule has 0 aromatic carbocycles. The second-order valence-corrected chi connectivity index (χ2v) is 5.07. The molecule has 0 amide bonds. The number of aromatic nitrogens is 1. The van der Waals surface area contributed by atoms with E-state index in [-0.39, 0.29) is 6.04 Å². The van der Waals surface area contributed by atoms with Crippen molar-refractivity contribution in [3.8, 4) is 0 Å². The van der Waals surface area contributed by atoms with Gasteiger partial charge in [0.25, 0.3) is 0 Å². The molecule has 19 heavy (non-hydrogen) atoms. The van der Waals surface area contributed by atoms with Crippen molar-refractivity contribution in [1.82, 2.24) is 10.3 Å². The second-order valence-electron chi connectivity index (χ2n) is 4.01. The number of nitrogens with zero attached hydrogens (tertiary/aromatic N) is 1. The maximum absolute atomic E-state index is 12.6. The molecule has 0 aliphatic rings. The van der Waals surface area contributed by atoms with Crippen molar-refractivity contribution in [3.63, 3.8) is 0 Å². The zero-order valence-corrected chi connectivity index (χ0v) is 11.0. The van der Waals surface area contributed by atoms with Crippen LogP contribution in [0.4, 0.5) is 13.2 Å². The van der Waals surface area contributed by atoms with Gasteiger partial charge in [-0.2, -0.15) is 13.2 Å². The minimum absolute atomic E-state index is 0.313. The topological polar surface area (TPSA) is 38.1 Å². The molecule has 1 atom stereocenters. The number of alkyl halides is 3. The Morgan fingerprint density at radius 2 is 2.26 bits per heavy atom. The van der Waals surface area contributed by atoms with E-state index in [1.165, 1.54) is 18.7 Å². The van der Waals surface area contributed by atoms with Gasteiger partial charge in [-0.1, -0.05) is 6.92 Å². The lowest BCUT2D eigenvalue weighted by Crippen LogP contribution is -2.21. The molecule has 0 spiro atoms. The van der Waals surface area contributed by atoms with Crippen molar-refractivity contribution in [2.45, 2.75) is 25.6 Å². The van der Waals surface area contributed by atoms with Crippen LogP contribution in [0.3, 0.4) is 0 Å². The molecule has 1 N–H and O–H groups in total. The standard InChI is InChI=1S/C12H13F3N2OS/c1-2-4-16-10(8-3-5-18-7-8)9-6-17-11(19-9)12(13,14)15/h3,5-7,10,16H,2,4H2,1H3. The fraction of sp³-hybridized carbons (Fsp3) is 0.417. The highest BCUT2D eigenvalue weighted by Crippen LogP contribution is 2.36. The van der Waals surface area contributed by atoms with Gasteiger partial charge in [-0.3, -0.25) is 0 Å². The molecule has 104 valence electrons. The van der Waals surface area contributed by atoms with Crippen LogP contribution < -0.4 is 5.32 Å². The molecule has 3 nitrogen and oxygen atoms in total. The van der Waals surface area contributed by atoms with E-state index in [1.54, 1.807) is 6.07 Å². The van der Waals surface area contributed by atoms with E-state index in [9.17, 15) is 13.2 Å². The summed E-state index contributed by atoms with van der Waals surface area (Å²) in [6, 6.07) is 1.42. The Morgan fingerprint density at radius 1 is 1.47 bits per heavy atom. The number of halogens is 3. The lowest BCUT2D eigenvalue weighted by Gasteiger charge is -2.14. The maximum atomic E-state index is 12.6. The Kier molecular flexibility index (Phi) is 4.26. The van der Waals surface area contributed by atoms with Crippen molar-refractivity contribution < 1.29 is 17.6 Å². The van der Waals surface area contributed by atoms with Gasteiger partial charge in [0, 0.05) is 16.6 Å². The normalized spacial score (nSPS) is 13.7. The van der Waals surface area contributed by atoms with Crippen molar-refractivity contribution in [2.75, 3.05) is 6.54 Å². The highest BCUT2D eigenvalue weighted by Gasteiger charge is 2.35. The van der Waals surface area contributed by atoms with Gasteiger partial charge in [0.15, 0.2) is 5.01 Å². The van der Waals surface area contributed by atoms with Crippen LogP contribution in [0.15, 0.2) is 29.2 Å². The van der Waals surface area contributed by atoms with E-state index >= 15 is 0 Å². The van der Waals surface area contributed by atoms with E-state index in [4.69, 9.17) is 4.42 Å². The molecule has 0 aliphatic carbocycles. The van der Waals surface area contributed by atoms with E-state index < -0.39 is 11.2 Å². The molecule has 0 saturated carbocycles. The van der Waals surface area contributed by atoms with Gasteiger partial charge in [0.2, 0.25) is 0 Å². The van der Waals surface area contributed by atoms with Crippen LogP contribution >= 0.6 is 11.3 Å². The molecular formula is C12H13F3N2OS. The molecule has 2 aromatic heterocycles. The lowest BCUT2D eigenvalue weighted by atomic mass is 10.1. The first kappa shape index (κ1) is 14.1. The van der Waals surface area contributed by atoms with Crippen molar-refractivity contribution in [3.05, 3.63) is 40.2 Å². The third kappa shape index (κ3) is 3.36. The predicted octanol–water partition coefficient (Wildman–Crippen LogP) is 3.84. The Hall–Kier alpha value is -1.34. The quantitative estimate of drug-likeness (QED) is 0.909. The zero-order chi connectivity index (χ0) is 13.9. The third-order valence-electron chi connectivity index (χ3n) is 2.53. The Labute approximate surface area is 112 Å². The van der Waals surface area contributed by atoms with Gasteiger partial charge >= 0.3 is 6.18 Å². The number of nitrogens with one attached hydrogen (secondary N) is 1. The van der Waals surface area contributed by atoms with Crippen LogP contribution in [-0.4, -0.2) is 11.5 Å². The zero-order valence-electron chi connectivity index (χ0n) is 10.2. The maximum Gasteiger partial charge on any atom is 0.443 e. The first-order valence-electron chi connectivity index (χ1n) is 5.80. The average Bonchev–Trinajstić information content (AvgIpc) is 2.99. The van der Waals surface area contributed by atoms with Gasteiger partial charge in [0.05, 0.1) is 18.6 Å². The summed E-state index contributed by atoms with van der Waals surface area (Å²) in [6.45, 7) is 2.70. The Morgan fingerprint density at radius 3 is 2.79 bits per heavy atom. The lowest BCUT2D eigenvalue weighted by molar-refractivity contribution is -0.137. The molecule has 0 radical (unpaired) electrons. The summed E-state index contributed by atoms with van der Waals surface area (Å²) in [5.41, 5.74) is 0.797. The second kappa shape index (κ2) is 5.75. The van der Waals surface area contributed by atoms with Gasteiger partial charge < -0.3 is 9.73 Å². The molecule has 0 bridgehead atoms. The van der Waals surface area contributed by atoms with E-state index in [0.29, 0.717) is 22.8 Å². The summed E-state index contributed by atoms with van der Waals surface area (Å²) in [4.78, 5) is 3.98. The van der Waals surface area contributed by atoms with Crippen LogP contribution in [0, 0.1) is 0 Å². The number of rotatable bonds is 5. The Balaban J connectivity index is 2.26. The van der Waals surface area contributed by atoms with Gasteiger partial charge in [-0.25, -0.2) is 4.98 Å². The number of thiazole rings is 1. The largest absolute Gasteiger partial charge is 0.472 e. The molecule has 7 heteroatoms. The molecule has 2 rings (SSSR count). The molecule has 2 aromatic rings. The summed E-state index contributed by atoms with van der Waals surface area (Å²) in [5, 5.41) is 2.37. The van der Waals surface area contributed by atoms with Crippen LogP contribution in [0.1, 0.15) is 34.8 Å². The molecular weight excluding hydrogens is 277 g/mol. The summed E-state index contributed by atoms with van der Waals surface area (Å²) in [7, 11) is 0. The van der Waals surface area contributed by atoms with E-state index in [0.717, 1.165) is 12.0 Å². The summed E-state index contributed by atoms with van der Waals surface area (Å²) in [5.74, 6) is 0. The molecule has 0 fully saturated rings. The molecule has 1 unspecified atom stereocenters. The van der Waals surface area contributed by atoms with Crippen LogP contribution in [-0.2, 0) is 6.18 Å². The van der Waals surface area contributed by atoms with Gasteiger partial charge in [0.1, 0.15) is 0 Å². The van der Waals surface area contributed by atoms with Crippen molar-refractivity contribution in [2.24, 2.45) is 0 Å². The molecule has 2 heterocycles. The fourth-order valence-corrected chi connectivity index (χ4v) is 2.55. The summed E-state index contributed by atoms with van der Waals surface area (Å²) >= 11 is 0.656. The van der Waals surface area contributed by atoms with Crippen LogP contribution in [0.25, 0.3) is 0 Å². The average molecular weight is 290 g/mol. The predicted molar refractivity (Wildman–Crippen MR) is 66.0 cm³/mol. The summed E-state index contributed by atoms with van der Waals surface area (Å²) in [6.07, 6.45) is 0.795. The smallest absolute Gasteiger partial charge is 0.443 e. The van der Waals surface area contributed by atoms with Gasteiger partial charge in [-0.05, 0) is 19.0 Å². The highest BCUT2D eigenvalue weighted by atomic mass is 32.1. The molecule has 0 aliphatic heterocycles. The summed E-state index contributed by atoms with van der Waals surface area (Å²) < 4.78 is 42.7. The number of hydrogen-bond donors (Lipinski definition) is 1. The van der Waals surface area contributed by atoms with E-state index in [2.05, 4.69) is 10.3 Å². The first-order valence-corrected chi connectivity index (χ1v) is 6.62. The van der Waals surface area contributed by atoms with Crippen LogP contribution in [0.5, 0.6) is 0 Å². The minimum atomic E-state index is -4.39. The van der Waals surface area contributed by atoms with E-state index in [1.807, 2.05) is 6.92 Å². The fourth-order valence-electron chi connectivity index (χ4n) is 1.66. The number of hydrogen-bond acceptors (Lipinski definition) is 4. The van der Waals surface area contributed by atoms with Gasteiger partial charge in [-0.15, -0.1) is 11.3 Å². The SMILES string of the molecule is CCCNC(c1ccoc1)c1cnc(C(F)(F)F)s1. The number of furan rings is 1. The third-order valence-corrected chi connectivity index (χ3v) is 3.63. The van der Waals surface area contributed by atoms with Crippen molar-refractivity contribution in [1.29, 1.82) is 0 Å².